The van der Waals surface area contributed by atoms with Gasteiger partial charge in [-0.1, -0.05) is 13.0 Å². The molecule has 0 radical (unpaired) electrons. The minimum absolute atomic E-state index is 0.0295. The molecule has 0 spiro atoms. The molecule has 0 bridgehead atoms. The van der Waals surface area contributed by atoms with Crippen molar-refractivity contribution in [1.82, 2.24) is 19.7 Å². The normalized spacial score (nSPS) is 10.9. The van der Waals surface area contributed by atoms with Crippen LogP contribution in [-0.4, -0.2) is 20.9 Å². The number of nitrogens with zero attached hydrogens (tertiary/aromatic N) is 3. The molecule has 1 N–H and O–H groups in total. The van der Waals surface area contributed by atoms with Crippen LogP contribution in [0.3, 0.4) is 0 Å². The van der Waals surface area contributed by atoms with Crippen LogP contribution in [0, 0.1) is 13.8 Å². The highest BCUT2D eigenvalue weighted by Gasteiger charge is 2.10. The standard InChI is InChI=1S/C15H22N4O/c1-4-16-11-14-12(2)17-19(13(14)3)10-9-18-8-6-5-7-15(18)20/h5-8,16H,4,9-11H2,1-3H3. The van der Waals surface area contributed by atoms with E-state index in [0.29, 0.717) is 13.1 Å². The lowest BCUT2D eigenvalue weighted by Gasteiger charge is -2.08. The molecule has 0 fully saturated rings. The second-order valence-corrected chi connectivity index (χ2v) is 4.89. The fourth-order valence-electron chi connectivity index (χ4n) is 2.31. The highest BCUT2D eigenvalue weighted by Crippen LogP contribution is 2.12. The third kappa shape index (κ3) is 3.17. The van der Waals surface area contributed by atoms with Gasteiger partial charge in [0.1, 0.15) is 0 Å². The third-order valence-corrected chi connectivity index (χ3v) is 3.53. The van der Waals surface area contributed by atoms with Crippen LogP contribution in [0.1, 0.15) is 23.9 Å². The van der Waals surface area contributed by atoms with Crippen LogP contribution in [0.2, 0.25) is 0 Å². The van der Waals surface area contributed by atoms with Gasteiger partial charge in [0.2, 0.25) is 0 Å². The van der Waals surface area contributed by atoms with E-state index in [4.69, 9.17) is 0 Å². The first-order valence-corrected chi connectivity index (χ1v) is 7.02. The molecule has 0 atom stereocenters. The number of nitrogens with one attached hydrogen (secondary N) is 1. The summed E-state index contributed by atoms with van der Waals surface area (Å²) in [6.45, 7) is 9.36. The molecule has 5 nitrogen and oxygen atoms in total. The summed E-state index contributed by atoms with van der Waals surface area (Å²) >= 11 is 0. The Balaban J connectivity index is 2.11. The molecule has 2 rings (SSSR count). The van der Waals surface area contributed by atoms with Gasteiger partial charge in [0.15, 0.2) is 0 Å². The zero-order chi connectivity index (χ0) is 14.5. The molecular weight excluding hydrogens is 252 g/mol. The molecule has 0 aliphatic rings. The van der Waals surface area contributed by atoms with Crippen molar-refractivity contribution in [2.24, 2.45) is 0 Å². The molecule has 108 valence electrons. The van der Waals surface area contributed by atoms with Crippen molar-refractivity contribution in [3.8, 4) is 0 Å². The summed E-state index contributed by atoms with van der Waals surface area (Å²) in [6, 6.07) is 5.22. The van der Waals surface area contributed by atoms with Crippen molar-refractivity contribution < 1.29 is 0 Å². The van der Waals surface area contributed by atoms with E-state index in [1.165, 1.54) is 11.3 Å². The maximum absolute atomic E-state index is 11.7. The van der Waals surface area contributed by atoms with Gasteiger partial charge >= 0.3 is 0 Å². The summed E-state index contributed by atoms with van der Waals surface area (Å²) in [5, 5.41) is 7.90. The van der Waals surface area contributed by atoms with E-state index < -0.39 is 0 Å². The van der Waals surface area contributed by atoms with E-state index >= 15 is 0 Å². The second-order valence-electron chi connectivity index (χ2n) is 4.89. The molecule has 2 aromatic heterocycles. The Labute approximate surface area is 119 Å². The molecule has 0 amide bonds. The lowest BCUT2D eigenvalue weighted by atomic mass is 10.2. The molecule has 0 aliphatic heterocycles. The van der Waals surface area contributed by atoms with Gasteiger partial charge in [-0.25, -0.2) is 0 Å². The number of hydrogen-bond donors (Lipinski definition) is 1. The fourth-order valence-corrected chi connectivity index (χ4v) is 2.31. The van der Waals surface area contributed by atoms with Crippen LogP contribution >= 0.6 is 0 Å². The smallest absolute Gasteiger partial charge is 0.250 e. The number of aromatic nitrogens is 3. The maximum atomic E-state index is 11.7. The molecule has 0 unspecified atom stereocenters. The Morgan fingerprint density at radius 3 is 2.75 bits per heavy atom. The SMILES string of the molecule is CCNCc1c(C)nn(CCn2ccccc2=O)c1C. The van der Waals surface area contributed by atoms with Crippen molar-refractivity contribution in [3.63, 3.8) is 0 Å². The molecule has 5 heteroatoms. The van der Waals surface area contributed by atoms with Crippen molar-refractivity contribution in [2.75, 3.05) is 6.54 Å². The van der Waals surface area contributed by atoms with Crippen molar-refractivity contribution >= 4 is 0 Å². The summed E-state index contributed by atoms with van der Waals surface area (Å²) < 4.78 is 3.70. The first kappa shape index (κ1) is 14.5. The average Bonchev–Trinajstić information content (AvgIpc) is 2.70. The van der Waals surface area contributed by atoms with Gasteiger partial charge in [0.25, 0.3) is 5.56 Å². The average molecular weight is 274 g/mol. The van der Waals surface area contributed by atoms with E-state index in [1.807, 2.05) is 23.9 Å². The van der Waals surface area contributed by atoms with Crippen LogP contribution in [0.5, 0.6) is 0 Å². The predicted octanol–water partition coefficient (Wildman–Crippen LogP) is 1.47. The molecule has 2 aromatic rings. The van der Waals surface area contributed by atoms with Crippen LogP contribution < -0.4 is 10.9 Å². The first-order chi connectivity index (χ1) is 9.63. The highest BCUT2D eigenvalue weighted by atomic mass is 16.1. The van der Waals surface area contributed by atoms with Gasteiger partial charge in [0.05, 0.1) is 12.2 Å². The zero-order valence-corrected chi connectivity index (χ0v) is 12.4. The van der Waals surface area contributed by atoms with Crippen LogP contribution in [0.4, 0.5) is 0 Å². The zero-order valence-electron chi connectivity index (χ0n) is 12.4. The summed E-state index contributed by atoms with van der Waals surface area (Å²) in [5.74, 6) is 0. The Morgan fingerprint density at radius 1 is 1.25 bits per heavy atom. The number of aryl methyl sites for hydroxylation is 3. The lowest BCUT2D eigenvalue weighted by molar-refractivity contribution is 0.511. The fraction of sp³-hybridized carbons (Fsp3) is 0.467. The molecule has 0 saturated heterocycles. The molecule has 0 aliphatic carbocycles. The van der Waals surface area contributed by atoms with Gasteiger partial charge in [-0.05, 0) is 26.5 Å². The van der Waals surface area contributed by atoms with Gasteiger partial charge in [-0.2, -0.15) is 5.10 Å². The van der Waals surface area contributed by atoms with Crippen LogP contribution in [0.15, 0.2) is 29.2 Å². The number of pyridine rings is 1. The number of hydrogen-bond acceptors (Lipinski definition) is 3. The Morgan fingerprint density at radius 2 is 2.05 bits per heavy atom. The van der Waals surface area contributed by atoms with E-state index in [0.717, 1.165) is 18.8 Å². The van der Waals surface area contributed by atoms with E-state index in [-0.39, 0.29) is 5.56 Å². The predicted molar refractivity (Wildman–Crippen MR) is 79.8 cm³/mol. The van der Waals surface area contributed by atoms with Gasteiger partial charge in [-0.3, -0.25) is 9.48 Å². The molecule has 20 heavy (non-hydrogen) atoms. The van der Waals surface area contributed by atoms with E-state index in [1.54, 1.807) is 16.7 Å². The van der Waals surface area contributed by atoms with Gasteiger partial charge in [-0.15, -0.1) is 0 Å². The third-order valence-electron chi connectivity index (χ3n) is 3.53. The Bertz CT molecular complexity index is 627. The van der Waals surface area contributed by atoms with E-state index in [2.05, 4.69) is 24.3 Å². The van der Waals surface area contributed by atoms with Crippen LogP contribution in [-0.2, 0) is 19.6 Å². The number of rotatable bonds is 6. The Hall–Kier alpha value is -1.88. The minimum atomic E-state index is 0.0295. The monoisotopic (exact) mass is 274 g/mol. The largest absolute Gasteiger partial charge is 0.314 e. The summed E-state index contributed by atoms with van der Waals surface area (Å²) in [6.07, 6.45) is 1.81. The first-order valence-electron chi connectivity index (χ1n) is 7.02. The quantitative estimate of drug-likeness (QED) is 0.868. The molecule has 0 aromatic carbocycles. The summed E-state index contributed by atoms with van der Waals surface area (Å²) in [4.78, 5) is 11.7. The topological polar surface area (TPSA) is 51.9 Å². The van der Waals surface area contributed by atoms with Gasteiger partial charge in [0, 0.05) is 36.6 Å². The highest BCUT2D eigenvalue weighted by molar-refractivity contribution is 5.24. The lowest BCUT2D eigenvalue weighted by Crippen LogP contribution is -2.21. The summed E-state index contributed by atoms with van der Waals surface area (Å²) in [7, 11) is 0. The van der Waals surface area contributed by atoms with Gasteiger partial charge < -0.3 is 9.88 Å². The molecule has 0 saturated carbocycles. The molecule has 2 heterocycles. The summed E-state index contributed by atoms with van der Waals surface area (Å²) in [5.41, 5.74) is 3.52. The van der Waals surface area contributed by atoms with E-state index in [9.17, 15) is 4.79 Å². The minimum Gasteiger partial charge on any atom is -0.314 e. The Kier molecular flexibility index (Phi) is 4.74. The van der Waals surface area contributed by atoms with Crippen molar-refractivity contribution in [1.29, 1.82) is 0 Å². The van der Waals surface area contributed by atoms with Crippen molar-refractivity contribution in [3.05, 3.63) is 51.7 Å². The van der Waals surface area contributed by atoms with Crippen molar-refractivity contribution in [2.45, 2.75) is 40.4 Å². The molecular formula is C15H22N4O. The van der Waals surface area contributed by atoms with Crippen LogP contribution in [0.25, 0.3) is 0 Å². The maximum Gasteiger partial charge on any atom is 0.250 e. The second kappa shape index (κ2) is 6.52.